The quantitative estimate of drug-likeness (QED) is 0.709. The number of hydrogen-bond donors (Lipinski definition) is 1. The van der Waals surface area contributed by atoms with Gasteiger partial charge < -0.3 is 10.2 Å². The van der Waals surface area contributed by atoms with E-state index < -0.39 is 0 Å². The van der Waals surface area contributed by atoms with E-state index in [1.807, 2.05) is 4.90 Å². The van der Waals surface area contributed by atoms with Gasteiger partial charge in [0.15, 0.2) is 0 Å². The Morgan fingerprint density at radius 1 is 1.33 bits per heavy atom. The average molecular weight is 208 g/mol. The van der Waals surface area contributed by atoms with Gasteiger partial charge in [-0.1, -0.05) is 11.6 Å². The third-order valence-corrected chi connectivity index (χ3v) is 3.28. The van der Waals surface area contributed by atoms with Crippen LogP contribution in [0.2, 0.25) is 0 Å². The van der Waals surface area contributed by atoms with Gasteiger partial charge in [-0.3, -0.25) is 4.79 Å². The van der Waals surface area contributed by atoms with Gasteiger partial charge in [0.2, 0.25) is 5.91 Å². The van der Waals surface area contributed by atoms with Gasteiger partial charge in [-0.25, -0.2) is 0 Å². The van der Waals surface area contributed by atoms with Crippen LogP contribution < -0.4 is 5.32 Å². The molecular weight excluding hydrogens is 188 g/mol. The van der Waals surface area contributed by atoms with Crippen molar-refractivity contribution in [3.8, 4) is 0 Å². The predicted octanol–water partition coefficient (Wildman–Crippen LogP) is 1.31. The lowest BCUT2D eigenvalue weighted by Crippen LogP contribution is -2.36. The Hall–Kier alpha value is -0.830. The summed E-state index contributed by atoms with van der Waals surface area (Å²) in [5.74, 6) is 0.357. The number of piperidine rings is 1. The van der Waals surface area contributed by atoms with Gasteiger partial charge in [0, 0.05) is 26.1 Å². The summed E-state index contributed by atoms with van der Waals surface area (Å²) in [6, 6.07) is 0. The molecule has 0 unspecified atom stereocenters. The van der Waals surface area contributed by atoms with Crippen LogP contribution in [-0.2, 0) is 4.79 Å². The lowest BCUT2D eigenvalue weighted by Gasteiger charge is -2.27. The molecule has 0 saturated carbocycles. The van der Waals surface area contributed by atoms with Crippen LogP contribution in [0.25, 0.3) is 0 Å². The molecule has 0 aromatic heterocycles. The van der Waals surface area contributed by atoms with Gasteiger partial charge >= 0.3 is 0 Å². The SMILES string of the molecule is O=C1CCCCN1CCC1=CCNCC1. The number of amides is 1. The van der Waals surface area contributed by atoms with Gasteiger partial charge in [-0.2, -0.15) is 0 Å². The third-order valence-electron chi connectivity index (χ3n) is 3.28. The Kier molecular flexibility index (Phi) is 3.78. The molecule has 84 valence electrons. The minimum atomic E-state index is 0.357. The van der Waals surface area contributed by atoms with Gasteiger partial charge in [0.1, 0.15) is 0 Å². The Balaban J connectivity index is 1.76. The van der Waals surface area contributed by atoms with E-state index in [1.54, 1.807) is 0 Å². The van der Waals surface area contributed by atoms with Crippen molar-refractivity contribution in [3.05, 3.63) is 11.6 Å². The molecule has 0 aromatic rings. The summed E-state index contributed by atoms with van der Waals surface area (Å²) in [5.41, 5.74) is 1.52. The Labute approximate surface area is 91.5 Å². The fourth-order valence-electron chi connectivity index (χ4n) is 2.27. The zero-order chi connectivity index (χ0) is 10.5. The zero-order valence-electron chi connectivity index (χ0n) is 9.30. The van der Waals surface area contributed by atoms with Crippen molar-refractivity contribution in [2.45, 2.75) is 32.1 Å². The number of rotatable bonds is 3. The lowest BCUT2D eigenvalue weighted by molar-refractivity contribution is -0.133. The molecule has 1 saturated heterocycles. The molecule has 2 aliphatic heterocycles. The first kappa shape index (κ1) is 10.7. The minimum Gasteiger partial charge on any atom is -0.342 e. The molecule has 0 aromatic carbocycles. The van der Waals surface area contributed by atoms with Crippen molar-refractivity contribution in [2.24, 2.45) is 0 Å². The smallest absolute Gasteiger partial charge is 0.222 e. The van der Waals surface area contributed by atoms with Gasteiger partial charge in [-0.05, 0) is 32.2 Å². The topological polar surface area (TPSA) is 32.3 Å². The molecule has 2 heterocycles. The standard InChI is InChI=1S/C12H20N2O/c15-12-3-1-2-9-14(12)10-6-11-4-7-13-8-5-11/h4,13H,1-3,5-10H2. The molecule has 1 N–H and O–H groups in total. The number of carbonyl (C=O) groups excluding carboxylic acids is 1. The van der Waals surface area contributed by atoms with E-state index in [1.165, 1.54) is 12.0 Å². The van der Waals surface area contributed by atoms with Gasteiger partial charge in [-0.15, -0.1) is 0 Å². The van der Waals surface area contributed by atoms with Crippen LogP contribution in [0.15, 0.2) is 11.6 Å². The Morgan fingerprint density at radius 3 is 3.00 bits per heavy atom. The zero-order valence-corrected chi connectivity index (χ0v) is 9.30. The van der Waals surface area contributed by atoms with Crippen LogP contribution in [0.1, 0.15) is 32.1 Å². The fourth-order valence-corrected chi connectivity index (χ4v) is 2.27. The normalized spacial score (nSPS) is 22.8. The molecule has 2 aliphatic rings. The second kappa shape index (κ2) is 5.31. The van der Waals surface area contributed by atoms with Crippen molar-refractivity contribution >= 4 is 5.91 Å². The number of likely N-dealkylation sites (tertiary alicyclic amines) is 1. The maximum absolute atomic E-state index is 11.6. The van der Waals surface area contributed by atoms with Crippen molar-refractivity contribution in [1.29, 1.82) is 0 Å². The van der Waals surface area contributed by atoms with E-state index in [0.29, 0.717) is 5.91 Å². The fraction of sp³-hybridized carbons (Fsp3) is 0.750. The number of nitrogens with one attached hydrogen (secondary N) is 1. The molecule has 1 amide bonds. The second-order valence-electron chi connectivity index (χ2n) is 4.40. The van der Waals surface area contributed by atoms with Crippen LogP contribution in [0.5, 0.6) is 0 Å². The predicted molar refractivity (Wildman–Crippen MR) is 60.6 cm³/mol. The maximum atomic E-state index is 11.6. The number of hydrogen-bond acceptors (Lipinski definition) is 2. The van der Waals surface area contributed by atoms with E-state index in [2.05, 4.69) is 11.4 Å². The van der Waals surface area contributed by atoms with Crippen molar-refractivity contribution < 1.29 is 4.79 Å². The largest absolute Gasteiger partial charge is 0.342 e. The molecular formula is C12H20N2O. The van der Waals surface area contributed by atoms with Crippen LogP contribution >= 0.6 is 0 Å². The molecule has 0 spiro atoms. The summed E-state index contributed by atoms with van der Waals surface area (Å²) in [4.78, 5) is 13.6. The number of nitrogens with zero attached hydrogens (tertiary/aromatic N) is 1. The molecule has 0 radical (unpaired) electrons. The average Bonchev–Trinajstić information content (AvgIpc) is 2.29. The minimum absolute atomic E-state index is 0.357. The molecule has 2 rings (SSSR count). The Morgan fingerprint density at radius 2 is 2.27 bits per heavy atom. The summed E-state index contributed by atoms with van der Waals surface area (Å²) in [7, 11) is 0. The van der Waals surface area contributed by atoms with Crippen molar-refractivity contribution in [3.63, 3.8) is 0 Å². The van der Waals surface area contributed by atoms with Crippen LogP contribution in [0, 0.1) is 0 Å². The summed E-state index contributed by atoms with van der Waals surface area (Å²) < 4.78 is 0. The molecule has 0 aliphatic carbocycles. The monoisotopic (exact) mass is 208 g/mol. The van der Waals surface area contributed by atoms with Crippen LogP contribution in [-0.4, -0.2) is 37.0 Å². The highest BCUT2D eigenvalue weighted by Gasteiger charge is 2.17. The third kappa shape index (κ3) is 3.06. The summed E-state index contributed by atoms with van der Waals surface area (Å²) in [6.07, 6.45) is 7.54. The first-order valence-electron chi connectivity index (χ1n) is 6.02. The van der Waals surface area contributed by atoms with Crippen molar-refractivity contribution in [1.82, 2.24) is 10.2 Å². The number of carbonyl (C=O) groups is 1. The van der Waals surface area contributed by atoms with E-state index in [9.17, 15) is 4.79 Å². The van der Waals surface area contributed by atoms with Gasteiger partial charge in [0.25, 0.3) is 0 Å². The molecule has 15 heavy (non-hydrogen) atoms. The van der Waals surface area contributed by atoms with E-state index >= 15 is 0 Å². The highest BCUT2D eigenvalue weighted by Crippen LogP contribution is 2.14. The van der Waals surface area contributed by atoms with E-state index in [0.717, 1.165) is 51.9 Å². The van der Waals surface area contributed by atoms with E-state index in [-0.39, 0.29) is 0 Å². The summed E-state index contributed by atoms with van der Waals surface area (Å²) >= 11 is 0. The van der Waals surface area contributed by atoms with Crippen molar-refractivity contribution in [2.75, 3.05) is 26.2 Å². The molecule has 0 atom stereocenters. The van der Waals surface area contributed by atoms with E-state index in [4.69, 9.17) is 0 Å². The summed E-state index contributed by atoms with van der Waals surface area (Å²) in [6.45, 7) is 4.01. The van der Waals surface area contributed by atoms with Crippen LogP contribution in [0.4, 0.5) is 0 Å². The maximum Gasteiger partial charge on any atom is 0.222 e. The Bertz CT molecular complexity index is 260. The summed E-state index contributed by atoms with van der Waals surface area (Å²) in [5, 5.41) is 3.30. The first-order chi connectivity index (χ1) is 7.36. The van der Waals surface area contributed by atoms with Crippen LogP contribution in [0.3, 0.4) is 0 Å². The van der Waals surface area contributed by atoms with Gasteiger partial charge in [0.05, 0.1) is 0 Å². The highest BCUT2D eigenvalue weighted by atomic mass is 16.2. The molecule has 0 bridgehead atoms. The lowest BCUT2D eigenvalue weighted by atomic mass is 10.0. The molecule has 3 heteroatoms. The second-order valence-corrected chi connectivity index (χ2v) is 4.40. The molecule has 3 nitrogen and oxygen atoms in total. The molecule has 1 fully saturated rings. The highest BCUT2D eigenvalue weighted by molar-refractivity contribution is 5.76. The first-order valence-corrected chi connectivity index (χ1v) is 6.02.